The van der Waals surface area contributed by atoms with E-state index in [4.69, 9.17) is 0 Å². The van der Waals surface area contributed by atoms with Gasteiger partial charge in [-0.1, -0.05) is 57.9 Å². The van der Waals surface area contributed by atoms with E-state index in [-0.39, 0.29) is 18.5 Å². The molecule has 0 heterocycles. The fourth-order valence-corrected chi connectivity index (χ4v) is 4.89. The summed E-state index contributed by atoms with van der Waals surface area (Å²) in [5, 5.41) is 2.57. The number of alkyl halides is 6. The van der Waals surface area contributed by atoms with Gasteiger partial charge in [-0.2, -0.15) is 26.3 Å². The van der Waals surface area contributed by atoms with Crippen LogP contribution in [-0.4, -0.2) is 30.6 Å². The van der Waals surface area contributed by atoms with E-state index in [1.54, 1.807) is 0 Å². The van der Waals surface area contributed by atoms with Crippen LogP contribution in [0, 0.1) is 17.8 Å². The van der Waals surface area contributed by atoms with E-state index in [2.05, 4.69) is 5.32 Å². The van der Waals surface area contributed by atoms with Crippen molar-refractivity contribution in [2.45, 2.75) is 103 Å². The Hall–Kier alpha value is -1.80. The Kier molecular flexibility index (Phi) is 11.3. The lowest BCUT2D eigenvalue weighted by molar-refractivity contribution is -0.162. The summed E-state index contributed by atoms with van der Waals surface area (Å²) in [4.78, 5) is 23.7. The molecule has 2 rings (SSSR count). The van der Waals surface area contributed by atoms with Gasteiger partial charge in [-0.3, -0.25) is 9.59 Å². The Morgan fingerprint density at radius 3 is 2.11 bits per heavy atom. The summed E-state index contributed by atoms with van der Waals surface area (Å²) < 4.78 is 78.3. The average Bonchev–Trinajstić information content (AvgIpc) is 2.81. The fourth-order valence-electron chi connectivity index (χ4n) is 4.89. The molecule has 1 amide bonds. The smallest absolute Gasteiger partial charge is 0.352 e. The summed E-state index contributed by atoms with van der Waals surface area (Å²) in [5.41, 5.74) is -1.90. The first-order valence-electron chi connectivity index (χ1n) is 12.8. The van der Waals surface area contributed by atoms with Gasteiger partial charge in [0.1, 0.15) is 5.78 Å². The molecular formula is C26H37F6NO2. The lowest BCUT2D eigenvalue weighted by atomic mass is 9.79. The van der Waals surface area contributed by atoms with Crippen molar-refractivity contribution in [3.05, 3.63) is 23.3 Å². The minimum Gasteiger partial charge on any atom is -0.352 e. The number of hydrogen-bond acceptors (Lipinski definition) is 2. The number of allylic oxidation sites excluding steroid dienone is 3. The second kappa shape index (κ2) is 13.5. The third kappa shape index (κ3) is 10.4. The van der Waals surface area contributed by atoms with Crippen LogP contribution in [0.5, 0.6) is 0 Å². The highest BCUT2D eigenvalue weighted by Crippen LogP contribution is 2.40. The predicted molar refractivity (Wildman–Crippen MR) is 122 cm³/mol. The number of rotatable bonds is 12. The van der Waals surface area contributed by atoms with E-state index in [1.165, 1.54) is 0 Å². The van der Waals surface area contributed by atoms with Crippen molar-refractivity contribution in [3.63, 3.8) is 0 Å². The molecule has 35 heavy (non-hydrogen) atoms. The SMILES string of the molecule is CCC(=O)CCCCCCCC1CCC(CNC(=O)C2=CC(C(F)(F)F)=CC(C(F)(F)F)C2)CC1. The quantitative estimate of drug-likeness (QED) is 0.217. The zero-order valence-electron chi connectivity index (χ0n) is 20.4. The molecule has 2 aliphatic rings. The topological polar surface area (TPSA) is 46.2 Å². The van der Waals surface area contributed by atoms with Crippen LogP contribution >= 0.6 is 0 Å². The molecule has 0 bridgehead atoms. The highest BCUT2D eigenvalue weighted by Gasteiger charge is 2.45. The fraction of sp³-hybridized carbons (Fsp3) is 0.769. The minimum absolute atomic E-state index is 0.158. The molecule has 3 nitrogen and oxygen atoms in total. The van der Waals surface area contributed by atoms with E-state index in [9.17, 15) is 35.9 Å². The molecule has 9 heteroatoms. The first kappa shape index (κ1) is 29.4. The first-order chi connectivity index (χ1) is 16.4. The van der Waals surface area contributed by atoms with Crippen LogP contribution < -0.4 is 5.32 Å². The molecule has 1 fully saturated rings. The van der Waals surface area contributed by atoms with Crippen LogP contribution in [-0.2, 0) is 9.59 Å². The van der Waals surface area contributed by atoms with Crippen molar-refractivity contribution in [1.29, 1.82) is 0 Å². The van der Waals surface area contributed by atoms with E-state index >= 15 is 0 Å². The summed E-state index contributed by atoms with van der Waals surface area (Å²) >= 11 is 0. The number of carbonyl (C=O) groups excluding carboxylic acids is 2. The van der Waals surface area contributed by atoms with E-state index in [0.717, 1.165) is 64.2 Å². The Morgan fingerprint density at radius 2 is 1.51 bits per heavy atom. The number of nitrogens with one attached hydrogen (secondary N) is 1. The zero-order valence-corrected chi connectivity index (χ0v) is 20.4. The van der Waals surface area contributed by atoms with Crippen molar-refractivity contribution in [3.8, 4) is 0 Å². The number of hydrogen-bond donors (Lipinski definition) is 1. The summed E-state index contributed by atoms with van der Waals surface area (Å²) in [6.45, 7) is 2.15. The summed E-state index contributed by atoms with van der Waals surface area (Å²) in [7, 11) is 0. The van der Waals surface area contributed by atoms with Gasteiger partial charge in [0.2, 0.25) is 5.91 Å². The molecule has 0 aromatic carbocycles. The molecule has 1 unspecified atom stereocenters. The molecule has 0 aromatic heterocycles. The molecule has 0 radical (unpaired) electrons. The lowest BCUT2D eigenvalue weighted by Gasteiger charge is -2.29. The largest absolute Gasteiger partial charge is 0.416 e. The van der Waals surface area contributed by atoms with E-state index in [0.29, 0.717) is 30.6 Å². The van der Waals surface area contributed by atoms with Crippen LogP contribution in [0.4, 0.5) is 26.3 Å². The standard InChI is InChI=1S/C26H37F6NO2/c1-2-23(34)9-7-5-3-4-6-8-18-10-12-19(13-11-18)17-33-24(35)20-14-21(25(27,28)29)16-22(15-20)26(30,31)32/h14,16,18-19,22H,2-13,15,17H2,1H3,(H,33,35). The average molecular weight is 510 g/mol. The molecule has 0 spiro atoms. The van der Waals surface area contributed by atoms with Gasteiger partial charge in [-0.15, -0.1) is 0 Å². The molecular weight excluding hydrogens is 472 g/mol. The molecule has 200 valence electrons. The maximum absolute atomic E-state index is 13.1. The number of halogens is 6. The first-order valence-corrected chi connectivity index (χ1v) is 12.8. The molecule has 1 saturated carbocycles. The van der Waals surface area contributed by atoms with E-state index < -0.39 is 41.7 Å². The molecule has 0 aliphatic heterocycles. The van der Waals surface area contributed by atoms with Gasteiger partial charge in [-0.25, -0.2) is 0 Å². The number of Topliss-reactive ketones (excluding diaryl/α,β-unsaturated/α-hetero) is 1. The van der Waals surface area contributed by atoms with Crippen LogP contribution in [0.15, 0.2) is 23.3 Å². The normalized spacial score (nSPS) is 23.5. The maximum atomic E-state index is 13.1. The van der Waals surface area contributed by atoms with Crippen molar-refractivity contribution in [2.75, 3.05) is 6.54 Å². The second-order valence-corrected chi connectivity index (χ2v) is 9.94. The van der Waals surface area contributed by atoms with Gasteiger partial charge in [0.05, 0.1) is 11.5 Å². The predicted octanol–water partition coefficient (Wildman–Crippen LogP) is 7.62. The number of amides is 1. The van der Waals surface area contributed by atoms with Gasteiger partial charge in [0, 0.05) is 25.0 Å². The Morgan fingerprint density at radius 1 is 0.914 bits per heavy atom. The van der Waals surface area contributed by atoms with Crippen LogP contribution in [0.3, 0.4) is 0 Å². The van der Waals surface area contributed by atoms with Gasteiger partial charge in [0.15, 0.2) is 0 Å². The van der Waals surface area contributed by atoms with Gasteiger partial charge < -0.3 is 5.32 Å². The highest BCUT2D eigenvalue weighted by atomic mass is 19.4. The van der Waals surface area contributed by atoms with E-state index in [1.807, 2.05) is 6.92 Å². The van der Waals surface area contributed by atoms with Gasteiger partial charge in [-0.05, 0) is 43.6 Å². The van der Waals surface area contributed by atoms with Gasteiger partial charge >= 0.3 is 12.4 Å². The lowest BCUT2D eigenvalue weighted by Crippen LogP contribution is -2.35. The maximum Gasteiger partial charge on any atom is 0.416 e. The molecule has 1 atom stereocenters. The third-order valence-corrected chi connectivity index (χ3v) is 7.17. The van der Waals surface area contributed by atoms with Crippen LogP contribution in [0.2, 0.25) is 0 Å². The Bertz CT molecular complexity index is 761. The summed E-state index contributed by atoms with van der Waals surface area (Å²) in [6.07, 6.45) is 1.86. The van der Waals surface area contributed by atoms with Crippen molar-refractivity contribution in [1.82, 2.24) is 5.32 Å². The van der Waals surface area contributed by atoms with Crippen molar-refractivity contribution < 1.29 is 35.9 Å². The van der Waals surface area contributed by atoms with Crippen molar-refractivity contribution >= 4 is 11.7 Å². The monoisotopic (exact) mass is 509 g/mol. The Labute approximate surface area is 203 Å². The van der Waals surface area contributed by atoms with Gasteiger partial charge in [0.25, 0.3) is 0 Å². The Balaban J connectivity index is 1.69. The van der Waals surface area contributed by atoms with Crippen molar-refractivity contribution in [2.24, 2.45) is 17.8 Å². The third-order valence-electron chi connectivity index (χ3n) is 7.17. The number of unbranched alkanes of at least 4 members (excludes halogenated alkanes) is 4. The summed E-state index contributed by atoms with van der Waals surface area (Å²) in [6, 6.07) is 0. The molecule has 0 aromatic rings. The van der Waals surface area contributed by atoms with Crippen LogP contribution in [0.1, 0.15) is 90.4 Å². The molecule has 2 aliphatic carbocycles. The van der Waals surface area contributed by atoms with Crippen LogP contribution in [0.25, 0.3) is 0 Å². The molecule has 0 saturated heterocycles. The molecule has 1 N–H and O–H groups in total. The summed E-state index contributed by atoms with van der Waals surface area (Å²) in [5.74, 6) is -2.04. The highest BCUT2D eigenvalue weighted by molar-refractivity contribution is 5.94. The zero-order chi connectivity index (χ0) is 26.1. The number of ketones is 1. The second-order valence-electron chi connectivity index (χ2n) is 9.94. The minimum atomic E-state index is -4.94. The number of carbonyl (C=O) groups is 2.